The molecule has 6 nitrogen and oxygen atoms in total. The lowest BCUT2D eigenvalue weighted by molar-refractivity contribution is -0.139. The lowest BCUT2D eigenvalue weighted by Gasteiger charge is -2.13. The Bertz CT molecular complexity index is 724. The maximum atomic E-state index is 12.8. The summed E-state index contributed by atoms with van der Waals surface area (Å²) in [6, 6.07) is 3.84. The molecule has 0 aliphatic rings. The van der Waals surface area contributed by atoms with E-state index in [4.69, 9.17) is 5.73 Å². The lowest BCUT2D eigenvalue weighted by atomic mass is 10.2. The van der Waals surface area contributed by atoms with E-state index in [1.807, 2.05) is 4.72 Å². The molecule has 108 valence electrons. The van der Waals surface area contributed by atoms with Crippen molar-refractivity contribution in [3.05, 3.63) is 36.0 Å². The van der Waals surface area contributed by atoms with Gasteiger partial charge in [0.2, 0.25) is 0 Å². The van der Waals surface area contributed by atoms with E-state index in [9.17, 15) is 21.6 Å². The van der Waals surface area contributed by atoms with Gasteiger partial charge < -0.3 is 5.73 Å². The minimum atomic E-state index is -4.79. The average Bonchev–Trinajstić information content (AvgIpc) is 2.73. The molecule has 0 fully saturated rings. The van der Waals surface area contributed by atoms with Crippen LogP contribution in [0.3, 0.4) is 0 Å². The number of hydrogen-bond acceptors (Lipinski definition) is 4. The second-order valence-electron chi connectivity index (χ2n) is 3.80. The number of nitrogens with zero attached hydrogens (tertiary/aromatic N) is 1. The molecule has 4 N–H and O–H groups in total. The fourth-order valence-corrected chi connectivity index (χ4v) is 2.77. The third kappa shape index (κ3) is 2.69. The van der Waals surface area contributed by atoms with Crippen molar-refractivity contribution in [3.8, 4) is 0 Å². The number of halogens is 3. The van der Waals surface area contributed by atoms with E-state index in [1.54, 1.807) is 0 Å². The normalized spacial score (nSPS) is 12.3. The first-order chi connectivity index (χ1) is 9.22. The molecule has 2 aromatic rings. The fraction of sp³-hybridized carbons (Fsp3) is 0.100. The quantitative estimate of drug-likeness (QED) is 0.805. The number of aromatic nitrogens is 2. The summed E-state index contributed by atoms with van der Waals surface area (Å²) in [6.45, 7) is 0. The highest BCUT2D eigenvalue weighted by Crippen LogP contribution is 2.34. The second kappa shape index (κ2) is 4.71. The van der Waals surface area contributed by atoms with Gasteiger partial charge in [-0.3, -0.25) is 9.82 Å². The van der Waals surface area contributed by atoms with Gasteiger partial charge in [-0.25, -0.2) is 8.42 Å². The minimum absolute atomic E-state index is 0.0296. The van der Waals surface area contributed by atoms with E-state index in [0.29, 0.717) is 6.07 Å². The smallest absolute Gasteiger partial charge is 0.394 e. The summed E-state index contributed by atoms with van der Waals surface area (Å²) < 4.78 is 64.3. The van der Waals surface area contributed by atoms with Crippen LogP contribution in [0, 0.1) is 0 Å². The molecule has 0 saturated carbocycles. The van der Waals surface area contributed by atoms with Crippen LogP contribution < -0.4 is 10.5 Å². The van der Waals surface area contributed by atoms with Crippen LogP contribution in [-0.4, -0.2) is 18.6 Å². The first kappa shape index (κ1) is 14.2. The summed E-state index contributed by atoms with van der Waals surface area (Å²) in [5.41, 5.74) is 4.12. The van der Waals surface area contributed by atoms with E-state index >= 15 is 0 Å². The van der Waals surface area contributed by atoms with Gasteiger partial charge >= 0.3 is 6.18 Å². The summed E-state index contributed by atoms with van der Waals surface area (Å²) in [6.07, 6.45) is -3.65. The van der Waals surface area contributed by atoms with Crippen molar-refractivity contribution in [1.29, 1.82) is 0 Å². The molecule has 10 heteroatoms. The van der Waals surface area contributed by atoms with Gasteiger partial charge in [0.15, 0.2) is 5.82 Å². The molecule has 0 radical (unpaired) electrons. The highest BCUT2D eigenvalue weighted by atomic mass is 32.2. The largest absolute Gasteiger partial charge is 0.417 e. The van der Waals surface area contributed by atoms with E-state index in [0.717, 1.165) is 18.3 Å². The van der Waals surface area contributed by atoms with Crippen molar-refractivity contribution in [2.75, 3.05) is 10.5 Å². The molecule has 2 rings (SSSR count). The Labute approximate surface area is 111 Å². The lowest BCUT2D eigenvalue weighted by Crippen LogP contribution is -2.19. The number of nitrogens with two attached hydrogens (primary N) is 1. The van der Waals surface area contributed by atoms with Crippen molar-refractivity contribution in [1.82, 2.24) is 10.2 Å². The molecule has 0 amide bonds. The van der Waals surface area contributed by atoms with Gasteiger partial charge in [-0.05, 0) is 12.1 Å². The molecule has 0 aliphatic heterocycles. The van der Waals surface area contributed by atoms with E-state index in [2.05, 4.69) is 10.2 Å². The average molecular weight is 306 g/mol. The van der Waals surface area contributed by atoms with Gasteiger partial charge in [0.25, 0.3) is 10.0 Å². The molecule has 0 unspecified atom stereocenters. The second-order valence-corrected chi connectivity index (χ2v) is 5.45. The molecule has 20 heavy (non-hydrogen) atoms. The van der Waals surface area contributed by atoms with Gasteiger partial charge in [-0.1, -0.05) is 12.1 Å². The molecule has 0 aliphatic carbocycles. The number of nitrogens with one attached hydrogen (secondary N) is 2. The van der Waals surface area contributed by atoms with Crippen molar-refractivity contribution in [2.45, 2.75) is 11.1 Å². The van der Waals surface area contributed by atoms with Crippen molar-refractivity contribution >= 4 is 21.5 Å². The van der Waals surface area contributed by atoms with Crippen LogP contribution in [0.15, 0.2) is 35.4 Å². The Morgan fingerprint density at radius 3 is 2.45 bits per heavy atom. The monoisotopic (exact) mass is 306 g/mol. The fourth-order valence-electron chi connectivity index (χ4n) is 1.50. The van der Waals surface area contributed by atoms with Crippen LogP contribution in [0.5, 0.6) is 0 Å². The van der Waals surface area contributed by atoms with E-state index in [-0.39, 0.29) is 11.5 Å². The number of sulfonamides is 1. The third-order valence-corrected chi connectivity index (χ3v) is 3.79. The molecule has 0 saturated heterocycles. The number of anilines is 2. The number of alkyl halides is 3. The molecule has 0 atom stereocenters. The zero-order valence-corrected chi connectivity index (χ0v) is 10.6. The number of aromatic amines is 1. The first-order valence-corrected chi connectivity index (χ1v) is 6.68. The van der Waals surface area contributed by atoms with Crippen LogP contribution in [0.4, 0.5) is 24.7 Å². The zero-order valence-electron chi connectivity index (χ0n) is 9.77. The van der Waals surface area contributed by atoms with Crippen LogP contribution >= 0.6 is 0 Å². The summed E-state index contributed by atoms with van der Waals surface area (Å²) in [7, 11) is -4.44. The van der Waals surface area contributed by atoms with Gasteiger partial charge in [0, 0.05) is 0 Å². The standard InChI is InChI=1S/C10H9F3N4O2S/c11-10(12,13)6-3-1-2-4-8(6)20(18,19)17-9-7(14)5-15-16-9/h1-5H,14H2,(H2,15,16,17). The number of nitrogen functional groups attached to an aromatic ring is 1. The van der Waals surface area contributed by atoms with Crippen LogP contribution in [-0.2, 0) is 16.2 Å². The molecular formula is C10H9F3N4O2S. The topological polar surface area (TPSA) is 101 Å². The van der Waals surface area contributed by atoms with Gasteiger partial charge in [0.05, 0.1) is 22.3 Å². The predicted molar refractivity (Wildman–Crippen MR) is 65.3 cm³/mol. The molecule has 0 bridgehead atoms. The summed E-state index contributed by atoms with van der Waals surface area (Å²) in [5, 5.41) is 5.71. The van der Waals surface area contributed by atoms with Gasteiger partial charge in [-0.15, -0.1) is 0 Å². The Kier molecular flexibility index (Phi) is 3.34. The summed E-state index contributed by atoms with van der Waals surface area (Å²) in [4.78, 5) is -0.887. The van der Waals surface area contributed by atoms with E-state index in [1.165, 1.54) is 6.07 Å². The Morgan fingerprint density at radius 2 is 1.90 bits per heavy atom. The summed E-state index contributed by atoms with van der Waals surface area (Å²) >= 11 is 0. The maximum Gasteiger partial charge on any atom is 0.417 e. The highest BCUT2D eigenvalue weighted by molar-refractivity contribution is 7.92. The van der Waals surface area contributed by atoms with Gasteiger partial charge in [-0.2, -0.15) is 18.3 Å². The highest BCUT2D eigenvalue weighted by Gasteiger charge is 2.37. The SMILES string of the molecule is Nc1cn[nH]c1NS(=O)(=O)c1ccccc1C(F)(F)F. The van der Waals surface area contributed by atoms with Crippen molar-refractivity contribution in [3.63, 3.8) is 0 Å². The predicted octanol–water partition coefficient (Wildman–Crippen LogP) is 1.81. The molecule has 1 aromatic heterocycles. The zero-order chi connectivity index (χ0) is 15.0. The van der Waals surface area contributed by atoms with Crippen LogP contribution in [0.2, 0.25) is 0 Å². The number of hydrogen-bond donors (Lipinski definition) is 3. The summed E-state index contributed by atoms with van der Waals surface area (Å²) in [5.74, 6) is -0.193. The Balaban J connectivity index is 2.48. The molecule has 1 aromatic carbocycles. The van der Waals surface area contributed by atoms with Gasteiger partial charge in [0.1, 0.15) is 0 Å². The number of rotatable bonds is 3. The molecule has 0 spiro atoms. The minimum Gasteiger partial charge on any atom is -0.394 e. The molecular weight excluding hydrogens is 297 g/mol. The molecule has 1 heterocycles. The Morgan fingerprint density at radius 1 is 1.25 bits per heavy atom. The van der Waals surface area contributed by atoms with Crippen LogP contribution in [0.1, 0.15) is 5.56 Å². The number of benzene rings is 1. The number of H-pyrrole nitrogens is 1. The van der Waals surface area contributed by atoms with E-state index < -0.39 is 26.7 Å². The van der Waals surface area contributed by atoms with Crippen molar-refractivity contribution in [2.24, 2.45) is 0 Å². The van der Waals surface area contributed by atoms with Crippen LogP contribution in [0.25, 0.3) is 0 Å². The Hall–Kier alpha value is -2.23. The van der Waals surface area contributed by atoms with Crippen molar-refractivity contribution < 1.29 is 21.6 Å². The first-order valence-electron chi connectivity index (χ1n) is 5.20. The third-order valence-electron chi connectivity index (χ3n) is 2.39. The maximum absolute atomic E-state index is 12.8.